The number of thioether (sulfide) groups is 1. The number of hydrogen-bond acceptors (Lipinski definition) is 6. The summed E-state index contributed by atoms with van der Waals surface area (Å²) in [6.07, 6.45) is -3.17. The number of halogens is 5. The number of anilines is 1. The van der Waals surface area contributed by atoms with E-state index in [-0.39, 0.29) is 17.2 Å². The van der Waals surface area contributed by atoms with E-state index in [1.54, 1.807) is 24.3 Å². The van der Waals surface area contributed by atoms with Gasteiger partial charge in [0.2, 0.25) is 5.91 Å². The molecule has 0 aliphatic carbocycles. The van der Waals surface area contributed by atoms with Gasteiger partial charge in [0.25, 0.3) is 11.1 Å². The smallest absolute Gasteiger partial charge is 0.416 e. The van der Waals surface area contributed by atoms with Crippen molar-refractivity contribution < 1.29 is 41.4 Å². The molecular weight excluding hydrogens is 620 g/mol. The number of carbonyl (C=O) groups excluding carboxylic acids is 3. The van der Waals surface area contributed by atoms with Crippen LogP contribution in [0.1, 0.15) is 16.7 Å². The highest BCUT2D eigenvalue weighted by Crippen LogP contribution is 2.39. The van der Waals surface area contributed by atoms with E-state index >= 15 is 0 Å². The van der Waals surface area contributed by atoms with Crippen LogP contribution < -0.4 is 14.8 Å². The van der Waals surface area contributed by atoms with Crippen LogP contribution in [0.25, 0.3) is 6.08 Å². The second kappa shape index (κ2) is 12.1. The average Bonchev–Trinajstić information content (AvgIpc) is 3.14. The van der Waals surface area contributed by atoms with Gasteiger partial charge in [-0.05, 0) is 87.4 Å². The molecule has 1 aliphatic heterocycles. The molecule has 0 bridgehead atoms. The van der Waals surface area contributed by atoms with Gasteiger partial charge in [0.05, 0.1) is 22.1 Å². The Kier molecular flexibility index (Phi) is 8.84. The van der Waals surface area contributed by atoms with Gasteiger partial charge in [-0.2, -0.15) is 13.2 Å². The topological polar surface area (TPSA) is 84.9 Å². The van der Waals surface area contributed by atoms with Crippen LogP contribution in [0.15, 0.2) is 70.0 Å². The summed E-state index contributed by atoms with van der Waals surface area (Å²) in [5.74, 6) is -1.34. The van der Waals surface area contributed by atoms with E-state index in [2.05, 4.69) is 21.2 Å². The Bertz CT molecular complexity index is 1510. The fourth-order valence-corrected chi connectivity index (χ4v) is 5.06. The number of hydrogen-bond donors (Lipinski definition) is 1. The zero-order valence-corrected chi connectivity index (χ0v) is 23.0. The highest BCUT2D eigenvalue weighted by molar-refractivity contribution is 9.10. The molecule has 13 heteroatoms. The summed E-state index contributed by atoms with van der Waals surface area (Å²) in [5.41, 5.74) is -0.00472. The molecule has 7 nitrogen and oxygen atoms in total. The Balaban J connectivity index is 1.46. The van der Waals surface area contributed by atoms with Crippen molar-refractivity contribution in [1.82, 2.24) is 4.90 Å². The maximum atomic E-state index is 13.5. The minimum atomic E-state index is -4.60. The molecule has 4 rings (SSSR count). The number of nitrogens with one attached hydrogen (secondary N) is 1. The highest BCUT2D eigenvalue weighted by Gasteiger charge is 2.36. The number of rotatable bonds is 8. The van der Waals surface area contributed by atoms with Gasteiger partial charge in [-0.3, -0.25) is 19.3 Å². The fourth-order valence-electron chi connectivity index (χ4n) is 3.65. The third-order valence-corrected chi connectivity index (χ3v) is 6.97. The normalized spacial score (nSPS) is 14.6. The SMILES string of the molecule is COc1cc(/C=C2\SC(=O)N(CC(=O)Nc3cccc(C(F)(F)F)c3)C2=O)cc(Br)c1OCc1cccc(F)c1. The van der Waals surface area contributed by atoms with Crippen molar-refractivity contribution in [2.24, 2.45) is 0 Å². The molecule has 3 aromatic carbocycles. The minimum absolute atomic E-state index is 0.0271. The van der Waals surface area contributed by atoms with Crippen molar-refractivity contribution in [3.63, 3.8) is 0 Å². The summed E-state index contributed by atoms with van der Waals surface area (Å²) in [5, 5.41) is 1.56. The predicted molar refractivity (Wildman–Crippen MR) is 144 cm³/mol. The van der Waals surface area contributed by atoms with Crippen molar-refractivity contribution in [3.05, 3.63) is 92.5 Å². The third-order valence-electron chi connectivity index (χ3n) is 5.47. The summed E-state index contributed by atoms with van der Waals surface area (Å²) in [6.45, 7) is -0.619. The molecule has 1 N–H and O–H groups in total. The first-order valence-corrected chi connectivity index (χ1v) is 13.0. The van der Waals surface area contributed by atoms with E-state index in [1.807, 2.05) is 0 Å². The van der Waals surface area contributed by atoms with Gasteiger partial charge in [0.15, 0.2) is 11.5 Å². The average molecular weight is 639 g/mol. The minimum Gasteiger partial charge on any atom is -0.493 e. The number of imide groups is 1. The van der Waals surface area contributed by atoms with Gasteiger partial charge < -0.3 is 14.8 Å². The zero-order valence-electron chi connectivity index (χ0n) is 20.6. The van der Waals surface area contributed by atoms with Crippen LogP contribution in [0, 0.1) is 5.82 Å². The first kappa shape index (κ1) is 29.2. The summed E-state index contributed by atoms with van der Waals surface area (Å²) in [6, 6.07) is 13.1. The van der Waals surface area contributed by atoms with Crippen molar-refractivity contribution in [1.29, 1.82) is 0 Å². The number of ether oxygens (including phenoxy) is 2. The number of methoxy groups -OCH3 is 1. The van der Waals surface area contributed by atoms with Crippen molar-refractivity contribution in [2.45, 2.75) is 12.8 Å². The highest BCUT2D eigenvalue weighted by atomic mass is 79.9. The maximum Gasteiger partial charge on any atom is 0.416 e. The zero-order chi connectivity index (χ0) is 29.0. The lowest BCUT2D eigenvalue weighted by Gasteiger charge is -2.14. The molecule has 1 heterocycles. The first-order valence-electron chi connectivity index (χ1n) is 11.4. The number of carbonyl (C=O) groups is 3. The van der Waals surface area contributed by atoms with Crippen LogP contribution in [-0.4, -0.2) is 35.6 Å². The Hall–Kier alpha value is -3.84. The van der Waals surface area contributed by atoms with Gasteiger partial charge >= 0.3 is 6.18 Å². The molecule has 0 unspecified atom stereocenters. The molecule has 0 spiro atoms. The number of amides is 3. The van der Waals surface area contributed by atoms with Crippen LogP contribution in [0.4, 0.5) is 28.0 Å². The van der Waals surface area contributed by atoms with E-state index in [4.69, 9.17) is 9.47 Å². The quantitative estimate of drug-likeness (QED) is 0.214. The van der Waals surface area contributed by atoms with Crippen molar-refractivity contribution in [3.8, 4) is 11.5 Å². The third kappa shape index (κ3) is 7.02. The Morgan fingerprint density at radius 2 is 1.85 bits per heavy atom. The first-order chi connectivity index (χ1) is 18.9. The van der Waals surface area contributed by atoms with Crippen LogP contribution in [0.2, 0.25) is 0 Å². The monoisotopic (exact) mass is 638 g/mol. The molecule has 0 aromatic heterocycles. The fraction of sp³-hybridized carbons (Fsp3) is 0.148. The number of alkyl halides is 3. The van der Waals surface area contributed by atoms with Crippen LogP contribution in [0.5, 0.6) is 11.5 Å². The summed E-state index contributed by atoms with van der Waals surface area (Å²) in [7, 11) is 1.41. The lowest BCUT2D eigenvalue weighted by atomic mass is 10.1. The molecule has 3 amide bonds. The molecule has 0 atom stereocenters. The lowest BCUT2D eigenvalue weighted by Crippen LogP contribution is -2.36. The Labute approximate surface area is 238 Å². The van der Waals surface area contributed by atoms with Crippen LogP contribution in [0.3, 0.4) is 0 Å². The predicted octanol–water partition coefficient (Wildman–Crippen LogP) is 6.87. The molecular formula is C27H19BrF4N2O5S. The van der Waals surface area contributed by atoms with Gasteiger partial charge in [-0.1, -0.05) is 18.2 Å². The number of nitrogens with zero attached hydrogens (tertiary/aromatic N) is 1. The van der Waals surface area contributed by atoms with Crippen molar-refractivity contribution >= 4 is 56.5 Å². The number of benzene rings is 3. The van der Waals surface area contributed by atoms with Gasteiger partial charge in [0.1, 0.15) is 19.0 Å². The molecule has 1 saturated heterocycles. The summed E-state index contributed by atoms with van der Waals surface area (Å²) in [4.78, 5) is 38.5. The van der Waals surface area contributed by atoms with Crippen LogP contribution >= 0.6 is 27.7 Å². The van der Waals surface area contributed by atoms with Crippen molar-refractivity contribution in [2.75, 3.05) is 19.0 Å². The molecule has 0 saturated carbocycles. The molecule has 40 heavy (non-hydrogen) atoms. The van der Waals surface area contributed by atoms with E-state index in [1.165, 1.54) is 31.4 Å². The Morgan fingerprint density at radius 3 is 2.55 bits per heavy atom. The van der Waals surface area contributed by atoms with E-state index in [0.29, 0.717) is 43.8 Å². The van der Waals surface area contributed by atoms with E-state index in [0.717, 1.165) is 18.2 Å². The molecule has 1 aliphatic rings. The largest absolute Gasteiger partial charge is 0.493 e. The second-order valence-electron chi connectivity index (χ2n) is 8.35. The standard InChI is InChI=1S/C27H19BrF4N2O5S/c1-38-21-10-16(9-20(28)24(21)39-14-15-4-2-6-18(29)8-15)11-22-25(36)34(26(37)40-22)13-23(35)33-19-7-3-5-17(12-19)27(30,31)32/h2-12H,13-14H2,1H3,(H,33,35)/b22-11-. The van der Waals surface area contributed by atoms with E-state index in [9.17, 15) is 31.9 Å². The molecule has 3 aromatic rings. The van der Waals surface area contributed by atoms with Gasteiger partial charge in [-0.15, -0.1) is 0 Å². The van der Waals surface area contributed by atoms with Crippen LogP contribution in [-0.2, 0) is 22.4 Å². The molecule has 0 radical (unpaired) electrons. The lowest BCUT2D eigenvalue weighted by molar-refractivity contribution is -0.137. The van der Waals surface area contributed by atoms with E-state index < -0.39 is 41.2 Å². The molecule has 1 fully saturated rings. The van der Waals surface area contributed by atoms with Gasteiger partial charge in [-0.25, -0.2) is 4.39 Å². The Morgan fingerprint density at radius 1 is 1.10 bits per heavy atom. The summed E-state index contributed by atoms with van der Waals surface area (Å²) < 4.78 is 63.9. The maximum absolute atomic E-state index is 13.5. The molecule has 208 valence electrons. The summed E-state index contributed by atoms with van der Waals surface area (Å²) >= 11 is 4.01. The second-order valence-corrected chi connectivity index (χ2v) is 10.2. The van der Waals surface area contributed by atoms with Gasteiger partial charge in [0, 0.05) is 5.69 Å².